The third-order valence-corrected chi connectivity index (χ3v) is 7.66. The fourth-order valence-electron chi connectivity index (χ4n) is 4.06. The Morgan fingerprint density at radius 3 is 2.31 bits per heavy atom. The molecule has 0 atom stereocenters. The van der Waals surface area contributed by atoms with Crippen LogP contribution in [0.25, 0.3) is 11.1 Å². The standard InChI is InChI=1S/C22H25N3O3S/c1-15-13-20(18-7-5-4-6-8-18)14-21(23-15)19-9-11-25(12-10-19)29(26,27)22-16(2)24-28-17(22)3/h4-8,13-14,19H,9-12H2,1-3H3. The molecule has 3 aromatic rings. The van der Waals surface area contributed by atoms with E-state index in [1.165, 1.54) is 0 Å². The van der Waals surface area contributed by atoms with Crippen molar-refractivity contribution in [3.05, 3.63) is 65.3 Å². The highest BCUT2D eigenvalue weighted by Gasteiger charge is 2.34. The maximum absolute atomic E-state index is 13.0. The van der Waals surface area contributed by atoms with Crippen molar-refractivity contribution >= 4 is 10.0 Å². The largest absolute Gasteiger partial charge is 0.360 e. The molecule has 29 heavy (non-hydrogen) atoms. The summed E-state index contributed by atoms with van der Waals surface area (Å²) in [6.07, 6.45) is 1.49. The topological polar surface area (TPSA) is 76.3 Å². The Labute approximate surface area is 171 Å². The number of hydrogen-bond acceptors (Lipinski definition) is 5. The Morgan fingerprint density at radius 2 is 1.69 bits per heavy atom. The number of aromatic nitrogens is 2. The highest BCUT2D eigenvalue weighted by Crippen LogP contribution is 2.33. The van der Waals surface area contributed by atoms with Crippen molar-refractivity contribution in [2.24, 2.45) is 0 Å². The van der Waals surface area contributed by atoms with Gasteiger partial charge in [0.05, 0.1) is 0 Å². The third kappa shape index (κ3) is 3.84. The molecule has 1 fully saturated rings. The van der Waals surface area contributed by atoms with Crippen molar-refractivity contribution in [3.63, 3.8) is 0 Å². The molecule has 0 unspecified atom stereocenters. The van der Waals surface area contributed by atoms with Crippen molar-refractivity contribution in [3.8, 4) is 11.1 Å². The normalized spacial score (nSPS) is 16.2. The van der Waals surface area contributed by atoms with Gasteiger partial charge in [-0.25, -0.2) is 8.42 Å². The van der Waals surface area contributed by atoms with E-state index in [-0.39, 0.29) is 10.8 Å². The molecule has 0 spiro atoms. The Bertz CT molecular complexity index is 1100. The van der Waals surface area contributed by atoms with Crippen molar-refractivity contribution in [2.75, 3.05) is 13.1 Å². The monoisotopic (exact) mass is 411 g/mol. The van der Waals surface area contributed by atoms with Crippen molar-refractivity contribution in [1.29, 1.82) is 0 Å². The number of aryl methyl sites for hydroxylation is 3. The Hall–Kier alpha value is -2.51. The molecule has 1 saturated heterocycles. The first-order valence-corrected chi connectivity index (χ1v) is 11.3. The van der Waals surface area contributed by atoms with Gasteiger partial charge in [0.15, 0.2) is 5.76 Å². The van der Waals surface area contributed by atoms with Gasteiger partial charge in [-0.15, -0.1) is 0 Å². The van der Waals surface area contributed by atoms with Crippen LogP contribution in [0.4, 0.5) is 0 Å². The molecule has 3 heterocycles. The quantitative estimate of drug-likeness (QED) is 0.642. The molecule has 2 aromatic heterocycles. The minimum atomic E-state index is -3.59. The number of pyridine rings is 1. The zero-order valence-electron chi connectivity index (χ0n) is 16.9. The summed E-state index contributed by atoms with van der Waals surface area (Å²) in [6.45, 7) is 6.24. The predicted octanol–water partition coefficient (Wildman–Crippen LogP) is 4.23. The molecule has 7 heteroatoms. The molecule has 0 radical (unpaired) electrons. The Morgan fingerprint density at radius 1 is 1.00 bits per heavy atom. The van der Waals surface area contributed by atoms with Crippen LogP contribution in [0.15, 0.2) is 51.9 Å². The summed E-state index contributed by atoms with van der Waals surface area (Å²) in [6, 6.07) is 14.5. The van der Waals surface area contributed by atoms with Gasteiger partial charge in [0.2, 0.25) is 10.0 Å². The molecule has 6 nitrogen and oxygen atoms in total. The summed E-state index contributed by atoms with van der Waals surface area (Å²) < 4.78 is 32.7. The van der Waals surface area contributed by atoms with E-state index in [0.717, 1.165) is 35.4 Å². The predicted molar refractivity (Wildman–Crippen MR) is 111 cm³/mol. The molecule has 0 aliphatic carbocycles. The van der Waals surface area contributed by atoms with E-state index in [1.807, 2.05) is 25.1 Å². The van der Waals surface area contributed by atoms with Crippen LogP contribution in [0.5, 0.6) is 0 Å². The van der Waals surface area contributed by atoms with E-state index in [1.54, 1.807) is 18.2 Å². The second-order valence-electron chi connectivity index (χ2n) is 7.62. The summed E-state index contributed by atoms with van der Waals surface area (Å²) in [5.74, 6) is 0.589. The molecule has 0 saturated carbocycles. The molecular weight excluding hydrogens is 386 g/mol. The van der Waals surface area contributed by atoms with Gasteiger partial charge in [-0.2, -0.15) is 4.31 Å². The molecule has 0 bridgehead atoms. The first-order valence-electron chi connectivity index (χ1n) is 9.83. The van der Waals surface area contributed by atoms with Gasteiger partial charge in [-0.3, -0.25) is 4.98 Å². The number of sulfonamides is 1. The summed E-state index contributed by atoms with van der Waals surface area (Å²) in [4.78, 5) is 4.96. The minimum Gasteiger partial charge on any atom is -0.360 e. The van der Waals surface area contributed by atoms with E-state index < -0.39 is 10.0 Å². The van der Waals surface area contributed by atoms with Crippen LogP contribution in [0.1, 0.15) is 41.6 Å². The number of benzene rings is 1. The summed E-state index contributed by atoms with van der Waals surface area (Å²) in [5, 5.41) is 3.80. The van der Waals surface area contributed by atoms with Crippen LogP contribution in [0, 0.1) is 20.8 Å². The smallest absolute Gasteiger partial charge is 0.248 e. The lowest BCUT2D eigenvalue weighted by Gasteiger charge is -2.31. The first-order chi connectivity index (χ1) is 13.9. The van der Waals surface area contributed by atoms with Gasteiger partial charge >= 0.3 is 0 Å². The van der Waals surface area contributed by atoms with E-state index in [9.17, 15) is 8.42 Å². The SMILES string of the molecule is Cc1cc(-c2ccccc2)cc(C2CCN(S(=O)(=O)c3c(C)noc3C)CC2)n1. The van der Waals surface area contributed by atoms with Gasteiger partial charge in [0.1, 0.15) is 10.6 Å². The van der Waals surface area contributed by atoms with Gasteiger partial charge < -0.3 is 4.52 Å². The molecule has 1 aliphatic heterocycles. The van der Waals surface area contributed by atoms with Gasteiger partial charge in [0.25, 0.3) is 0 Å². The van der Waals surface area contributed by atoms with Crippen molar-refractivity contribution in [2.45, 2.75) is 44.4 Å². The fraction of sp³-hybridized carbons (Fsp3) is 0.364. The Kier molecular flexibility index (Phi) is 5.27. The number of hydrogen-bond donors (Lipinski definition) is 0. The van der Waals surface area contributed by atoms with Crippen LogP contribution >= 0.6 is 0 Å². The molecule has 1 aliphatic rings. The average molecular weight is 412 g/mol. The van der Waals surface area contributed by atoms with Crippen LogP contribution in [-0.2, 0) is 10.0 Å². The number of nitrogens with zero attached hydrogens (tertiary/aromatic N) is 3. The average Bonchev–Trinajstić information content (AvgIpc) is 3.07. The maximum Gasteiger partial charge on any atom is 0.248 e. The van der Waals surface area contributed by atoms with Crippen LogP contribution in [-0.4, -0.2) is 36.0 Å². The van der Waals surface area contributed by atoms with Gasteiger partial charge in [-0.05, 0) is 56.9 Å². The zero-order chi connectivity index (χ0) is 20.6. The molecule has 4 rings (SSSR count). The van der Waals surface area contributed by atoms with Crippen LogP contribution in [0.3, 0.4) is 0 Å². The second kappa shape index (κ2) is 7.72. The van der Waals surface area contributed by atoms with Crippen molar-refractivity contribution < 1.29 is 12.9 Å². The number of piperidine rings is 1. The molecular formula is C22H25N3O3S. The lowest BCUT2D eigenvalue weighted by Crippen LogP contribution is -2.38. The van der Waals surface area contributed by atoms with E-state index in [2.05, 4.69) is 29.4 Å². The fourth-order valence-corrected chi connectivity index (χ4v) is 5.83. The van der Waals surface area contributed by atoms with Gasteiger partial charge in [-0.1, -0.05) is 35.5 Å². The third-order valence-electron chi connectivity index (χ3n) is 5.52. The highest BCUT2D eigenvalue weighted by molar-refractivity contribution is 7.89. The Balaban J connectivity index is 1.54. The van der Waals surface area contributed by atoms with Crippen molar-refractivity contribution in [1.82, 2.24) is 14.4 Å². The highest BCUT2D eigenvalue weighted by atomic mass is 32.2. The number of rotatable bonds is 4. The molecule has 0 amide bonds. The van der Waals surface area contributed by atoms with E-state index in [4.69, 9.17) is 9.51 Å². The molecule has 0 N–H and O–H groups in total. The minimum absolute atomic E-state index is 0.205. The maximum atomic E-state index is 13.0. The lowest BCUT2D eigenvalue weighted by atomic mass is 9.92. The summed E-state index contributed by atoms with van der Waals surface area (Å²) in [7, 11) is -3.59. The first kappa shape index (κ1) is 19.8. The zero-order valence-corrected chi connectivity index (χ0v) is 17.7. The van der Waals surface area contributed by atoms with E-state index >= 15 is 0 Å². The second-order valence-corrected chi connectivity index (χ2v) is 9.49. The van der Waals surface area contributed by atoms with Crippen LogP contribution < -0.4 is 0 Å². The molecule has 1 aromatic carbocycles. The summed E-state index contributed by atoms with van der Waals surface area (Å²) >= 11 is 0. The summed E-state index contributed by atoms with van der Waals surface area (Å²) in [5.41, 5.74) is 4.75. The molecule has 152 valence electrons. The van der Waals surface area contributed by atoms with Crippen LogP contribution in [0.2, 0.25) is 0 Å². The lowest BCUT2D eigenvalue weighted by molar-refractivity contribution is 0.316. The van der Waals surface area contributed by atoms with E-state index in [0.29, 0.717) is 24.5 Å². The van der Waals surface area contributed by atoms with Gasteiger partial charge in [0, 0.05) is 30.4 Å².